The molecule has 0 aliphatic rings. The van der Waals surface area contributed by atoms with E-state index in [4.69, 9.17) is 22.6 Å². The number of rotatable bonds is 2. The number of furan rings is 1. The molecule has 132 valence electrons. The molecule has 5 nitrogen and oxygen atoms in total. The SMILES string of the molecule is [C-]#[N+]c1c(C)cc(-c2cc3c(=O)cc[nH]c3nc2-c2ccc(C)o2)cc1Cl. The number of nitrogens with zero attached hydrogens (tertiary/aromatic N) is 2. The highest BCUT2D eigenvalue weighted by Crippen LogP contribution is 2.38. The van der Waals surface area contributed by atoms with Gasteiger partial charge in [-0.3, -0.25) is 4.79 Å². The summed E-state index contributed by atoms with van der Waals surface area (Å²) in [6, 6.07) is 10.6. The van der Waals surface area contributed by atoms with Gasteiger partial charge in [-0.05, 0) is 49.2 Å². The second kappa shape index (κ2) is 6.42. The molecule has 1 aromatic carbocycles. The lowest BCUT2D eigenvalue weighted by Crippen LogP contribution is -2.03. The summed E-state index contributed by atoms with van der Waals surface area (Å²) in [5.41, 5.74) is 3.62. The number of hydrogen-bond acceptors (Lipinski definition) is 3. The molecule has 0 unspecified atom stereocenters. The van der Waals surface area contributed by atoms with Gasteiger partial charge in [0.15, 0.2) is 11.2 Å². The van der Waals surface area contributed by atoms with Crippen LogP contribution in [-0.4, -0.2) is 9.97 Å². The van der Waals surface area contributed by atoms with Gasteiger partial charge in [-0.15, -0.1) is 0 Å². The molecule has 0 aliphatic heterocycles. The molecule has 0 bridgehead atoms. The molecule has 0 fully saturated rings. The molecular formula is C21H14ClN3O2. The first-order valence-electron chi connectivity index (χ1n) is 8.25. The number of aromatic nitrogens is 2. The van der Waals surface area contributed by atoms with E-state index in [2.05, 4.69) is 14.8 Å². The number of aryl methyl sites for hydroxylation is 2. The standard InChI is InChI=1S/C21H14ClN3O2/c1-11-8-13(9-16(22)19(11)23-3)14-10-15-17(26)6-7-24-21(15)25-20(14)18-5-4-12(2)27-18/h4-10H,1-2H3,(H,24,25,26). The van der Waals surface area contributed by atoms with Crippen LogP contribution in [0.5, 0.6) is 0 Å². The Kier molecular flexibility index (Phi) is 4.06. The fourth-order valence-electron chi connectivity index (χ4n) is 3.10. The highest BCUT2D eigenvalue weighted by molar-refractivity contribution is 6.33. The van der Waals surface area contributed by atoms with E-state index in [1.165, 1.54) is 6.07 Å². The minimum absolute atomic E-state index is 0.125. The minimum Gasteiger partial charge on any atom is -0.460 e. The predicted molar refractivity (Wildman–Crippen MR) is 106 cm³/mol. The molecule has 3 aromatic heterocycles. The predicted octanol–water partition coefficient (Wildman–Crippen LogP) is 5.67. The van der Waals surface area contributed by atoms with E-state index in [1.54, 1.807) is 18.3 Å². The van der Waals surface area contributed by atoms with Crippen LogP contribution < -0.4 is 5.43 Å². The zero-order chi connectivity index (χ0) is 19.1. The zero-order valence-electron chi connectivity index (χ0n) is 14.6. The van der Waals surface area contributed by atoms with Crippen LogP contribution in [0.15, 0.2) is 51.8 Å². The van der Waals surface area contributed by atoms with E-state index in [9.17, 15) is 4.79 Å². The van der Waals surface area contributed by atoms with Crippen molar-refractivity contribution in [1.82, 2.24) is 9.97 Å². The van der Waals surface area contributed by atoms with Gasteiger partial charge in [0, 0.05) is 22.8 Å². The van der Waals surface area contributed by atoms with Gasteiger partial charge in [0.25, 0.3) is 0 Å². The van der Waals surface area contributed by atoms with Crippen molar-refractivity contribution in [1.29, 1.82) is 0 Å². The Morgan fingerprint density at radius 1 is 1.19 bits per heavy atom. The maximum atomic E-state index is 12.3. The Morgan fingerprint density at radius 2 is 2.00 bits per heavy atom. The third-order valence-electron chi connectivity index (χ3n) is 4.39. The zero-order valence-corrected chi connectivity index (χ0v) is 15.4. The van der Waals surface area contributed by atoms with Gasteiger partial charge in [0.2, 0.25) is 5.69 Å². The summed E-state index contributed by atoms with van der Waals surface area (Å²) >= 11 is 6.31. The highest BCUT2D eigenvalue weighted by Gasteiger charge is 2.17. The minimum atomic E-state index is -0.125. The molecule has 3 heterocycles. The molecule has 0 radical (unpaired) electrons. The largest absolute Gasteiger partial charge is 0.460 e. The first-order valence-corrected chi connectivity index (χ1v) is 8.63. The Labute approximate surface area is 160 Å². The topological polar surface area (TPSA) is 63.2 Å². The van der Waals surface area contributed by atoms with Gasteiger partial charge >= 0.3 is 0 Å². The van der Waals surface area contributed by atoms with E-state index in [0.717, 1.165) is 22.5 Å². The van der Waals surface area contributed by atoms with Crippen LogP contribution in [0.25, 0.3) is 38.5 Å². The van der Waals surface area contributed by atoms with Crippen LogP contribution in [0.4, 0.5) is 5.69 Å². The summed E-state index contributed by atoms with van der Waals surface area (Å²) in [5.74, 6) is 1.36. The van der Waals surface area contributed by atoms with Gasteiger partial charge in [0.05, 0.1) is 12.0 Å². The number of hydrogen-bond donors (Lipinski definition) is 1. The second-order valence-electron chi connectivity index (χ2n) is 6.27. The van der Waals surface area contributed by atoms with E-state index in [-0.39, 0.29) is 5.43 Å². The maximum Gasteiger partial charge on any atom is 0.208 e. The summed E-state index contributed by atoms with van der Waals surface area (Å²) in [5, 5.41) is 0.839. The number of aromatic amines is 1. The lowest BCUT2D eigenvalue weighted by molar-refractivity contribution is 0.547. The molecule has 0 saturated heterocycles. The van der Waals surface area contributed by atoms with E-state index in [1.807, 2.05) is 32.0 Å². The summed E-state index contributed by atoms with van der Waals surface area (Å²) in [6.07, 6.45) is 1.57. The molecule has 0 saturated carbocycles. The lowest BCUT2D eigenvalue weighted by atomic mass is 9.98. The quantitative estimate of drug-likeness (QED) is 0.459. The average Bonchev–Trinajstić information content (AvgIpc) is 3.07. The highest BCUT2D eigenvalue weighted by atomic mass is 35.5. The molecule has 4 rings (SSSR count). The number of benzene rings is 1. The van der Waals surface area contributed by atoms with E-state index < -0.39 is 0 Å². The molecule has 1 N–H and O–H groups in total. The number of nitrogens with one attached hydrogen (secondary N) is 1. The summed E-state index contributed by atoms with van der Waals surface area (Å²) < 4.78 is 5.78. The van der Waals surface area contributed by atoms with Crippen molar-refractivity contribution in [2.24, 2.45) is 0 Å². The van der Waals surface area contributed by atoms with Crippen molar-refractivity contribution in [2.75, 3.05) is 0 Å². The van der Waals surface area contributed by atoms with Crippen molar-refractivity contribution >= 4 is 28.3 Å². The first kappa shape index (κ1) is 17.1. The Balaban J connectivity index is 2.08. The van der Waals surface area contributed by atoms with Crippen LogP contribution in [0.1, 0.15) is 11.3 Å². The smallest absolute Gasteiger partial charge is 0.208 e. The monoisotopic (exact) mass is 375 g/mol. The lowest BCUT2D eigenvalue weighted by Gasteiger charge is -2.11. The Morgan fingerprint density at radius 3 is 2.67 bits per heavy atom. The number of halogens is 1. The first-order chi connectivity index (χ1) is 13.0. The summed E-state index contributed by atoms with van der Waals surface area (Å²) in [4.78, 5) is 23.4. The third kappa shape index (κ3) is 2.90. The van der Waals surface area contributed by atoms with Crippen LogP contribution in [0, 0.1) is 20.4 Å². The fraction of sp³-hybridized carbons (Fsp3) is 0.0952. The number of pyridine rings is 2. The Bertz CT molecular complexity index is 1270. The molecule has 4 aromatic rings. The molecule has 0 aliphatic carbocycles. The van der Waals surface area contributed by atoms with Crippen LogP contribution in [-0.2, 0) is 0 Å². The fourth-order valence-corrected chi connectivity index (χ4v) is 3.41. The maximum absolute atomic E-state index is 12.3. The van der Waals surface area contributed by atoms with Crippen molar-refractivity contribution in [2.45, 2.75) is 13.8 Å². The molecule has 6 heteroatoms. The molecule has 0 spiro atoms. The summed E-state index contributed by atoms with van der Waals surface area (Å²) in [7, 11) is 0. The molecule has 0 amide bonds. The van der Waals surface area contributed by atoms with Gasteiger partial charge in [-0.1, -0.05) is 17.7 Å². The number of H-pyrrole nitrogens is 1. The molecular weight excluding hydrogens is 362 g/mol. The van der Waals surface area contributed by atoms with Gasteiger partial charge in [-0.25, -0.2) is 9.83 Å². The Hall–Kier alpha value is -3.36. The van der Waals surface area contributed by atoms with E-state index in [0.29, 0.717) is 33.2 Å². The molecule has 0 atom stereocenters. The molecule has 27 heavy (non-hydrogen) atoms. The van der Waals surface area contributed by atoms with Crippen LogP contribution in [0.3, 0.4) is 0 Å². The average molecular weight is 376 g/mol. The van der Waals surface area contributed by atoms with Crippen LogP contribution >= 0.6 is 11.6 Å². The van der Waals surface area contributed by atoms with Gasteiger partial charge < -0.3 is 9.40 Å². The van der Waals surface area contributed by atoms with E-state index >= 15 is 0 Å². The third-order valence-corrected chi connectivity index (χ3v) is 4.68. The second-order valence-corrected chi connectivity index (χ2v) is 6.68. The van der Waals surface area contributed by atoms with Crippen LogP contribution in [0.2, 0.25) is 5.02 Å². The van der Waals surface area contributed by atoms with Crippen molar-refractivity contribution in [3.8, 4) is 22.6 Å². The normalized spacial score (nSPS) is 10.9. The summed E-state index contributed by atoms with van der Waals surface area (Å²) in [6.45, 7) is 11.0. The van der Waals surface area contributed by atoms with Crippen molar-refractivity contribution in [3.05, 3.63) is 80.6 Å². The van der Waals surface area contributed by atoms with Crippen molar-refractivity contribution in [3.63, 3.8) is 0 Å². The van der Waals surface area contributed by atoms with Gasteiger partial charge in [-0.2, -0.15) is 0 Å². The number of fused-ring (bicyclic) bond motifs is 1. The van der Waals surface area contributed by atoms with Gasteiger partial charge in [0.1, 0.15) is 17.1 Å². The van der Waals surface area contributed by atoms with Crippen molar-refractivity contribution < 1.29 is 4.42 Å².